The quantitative estimate of drug-likeness (QED) is 0.472. The fourth-order valence-corrected chi connectivity index (χ4v) is 3.95. The van der Waals surface area contributed by atoms with E-state index < -0.39 is 11.9 Å². The number of carbonyl (C=O) groups is 2. The molecule has 0 saturated carbocycles. The monoisotopic (exact) mass is 428 g/mol. The van der Waals surface area contributed by atoms with Gasteiger partial charge in [0.25, 0.3) is 0 Å². The number of rotatable bonds is 9. The minimum atomic E-state index is -0.714. The van der Waals surface area contributed by atoms with Crippen LogP contribution in [-0.4, -0.2) is 38.0 Å². The summed E-state index contributed by atoms with van der Waals surface area (Å²) in [4.78, 5) is 24.7. The Bertz CT molecular complexity index is 930. The van der Waals surface area contributed by atoms with Gasteiger partial charge in [-0.25, -0.2) is 4.79 Å². The molecule has 0 saturated heterocycles. The van der Waals surface area contributed by atoms with Crippen molar-refractivity contribution in [1.82, 2.24) is 5.32 Å². The van der Waals surface area contributed by atoms with Gasteiger partial charge in [-0.05, 0) is 19.9 Å². The van der Waals surface area contributed by atoms with Crippen molar-refractivity contribution >= 4 is 23.7 Å². The Morgan fingerprint density at radius 1 is 1.33 bits per heavy atom. The molecule has 0 spiro atoms. The van der Waals surface area contributed by atoms with Gasteiger partial charge in [0.2, 0.25) is 0 Å². The predicted octanol–water partition coefficient (Wildman–Crippen LogP) is 3.42. The Labute approximate surface area is 180 Å². The van der Waals surface area contributed by atoms with E-state index >= 15 is 0 Å². The standard InChI is InChI=1S/C22H24N2O5S/c1-5-11-29-22(26)19-14(3)24-21(30-13-18(25)28-6-2)16(12-23)20(19)15-9-7-8-10-17(15)27-4/h5,7-10,20,24H,1,6,11,13H2,2-4H3. The molecule has 1 unspecified atom stereocenters. The number of nitrogens with zero attached hydrogens (tertiary/aromatic N) is 1. The minimum Gasteiger partial charge on any atom is -0.496 e. The maximum absolute atomic E-state index is 12.8. The number of ether oxygens (including phenoxy) is 3. The van der Waals surface area contributed by atoms with E-state index in [9.17, 15) is 14.9 Å². The molecule has 0 bridgehead atoms. The van der Waals surface area contributed by atoms with Gasteiger partial charge in [-0.2, -0.15) is 5.26 Å². The Morgan fingerprint density at radius 2 is 2.07 bits per heavy atom. The lowest BCUT2D eigenvalue weighted by atomic mass is 9.82. The highest BCUT2D eigenvalue weighted by molar-refractivity contribution is 8.03. The van der Waals surface area contributed by atoms with E-state index in [4.69, 9.17) is 14.2 Å². The van der Waals surface area contributed by atoms with Gasteiger partial charge in [-0.15, -0.1) is 0 Å². The average Bonchev–Trinajstić information content (AvgIpc) is 2.75. The number of methoxy groups -OCH3 is 1. The molecule has 8 heteroatoms. The summed E-state index contributed by atoms with van der Waals surface area (Å²) in [5.41, 5.74) is 1.78. The lowest BCUT2D eigenvalue weighted by Crippen LogP contribution is -2.29. The van der Waals surface area contributed by atoms with Gasteiger partial charge in [-0.3, -0.25) is 4.79 Å². The van der Waals surface area contributed by atoms with Gasteiger partial charge in [0.05, 0.1) is 47.6 Å². The summed E-state index contributed by atoms with van der Waals surface area (Å²) in [6.07, 6.45) is 1.48. The number of para-hydroxylation sites is 1. The molecule has 2 rings (SSSR count). The maximum atomic E-state index is 12.8. The third-order valence-electron chi connectivity index (χ3n) is 4.29. The van der Waals surface area contributed by atoms with E-state index in [1.165, 1.54) is 13.2 Å². The fraction of sp³-hybridized carbons (Fsp3) is 0.318. The van der Waals surface area contributed by atoms with Gasteiger partial charge in [-0.1, -0.05) is 42.6 Å². The van der Waals surface area contributed by atoms with Crippen LogP contribution in [0.25, 0.3) is 0 Å². The zero-order chi connectivity index (χ0) is 22.1. The summed E-state index contributed by atoms with van der Waals surface area (Å²) in [5.74, 6) is -1.09. The second-order valence-corrected chi connectivity index (χ2v) is 7.16. The molecule has 1 atom stereocenters. The zero-order valence-corrected chi connectivity index (χ0v) is 18.0. The molecule has 158 valence electrons. The summed E-state index contributed by atoms with van der Waals surface area (Å²) in [6, 6.07) is 9.38. The van der Waals surface area contributed by atoms with Crippen molar-refractivity contribution in [1.29, 1.82) is 5.26 Å². The van der Waals surface area contributed by atoms with Crippen LogP contribution in [0.15, 0.2) is 58.8 Å². The fourth-order valence-electron chi connectivity index (χ4n) is 3.06. The van der Waals surface area contributed by atoms with E-state index in [-0.39, 0.29) is 24.9 Å². The summed E-state index contributed by atoms with van der Waals surface area (Å²) in [5, 5.41) is 13.5. The van der Waals surface area contributed by atoms with Crippen LogP contribution in [0.2, 0.25) is 0 Å². The molecule has 1 aliphatic heterocycles. The summed E-state index contributed by atoms with van der Waals surface area (Å²) in [6.45, 7) is 7.34. The van der Waals surface area contributed by atoms with E-state index in [2.05, 4.69) is 18.0 Å². The number of nitrogens with one attached hydrogen (secondary N) is 1. The number of nitriles is 1. The molecule has 1 aromatic rings. The first-order valence-electron chi connectivity index (χ1n) is 9.29. The van der Waals surface area contributed by atoms with Crippen LogP contribution in [0.5, 0.6) is 5.75 Å². The number of esters is 2. The molecule has 30 heavy (non-hydrogen) atoms. The van der Waals surface area contributed by atoms with Crippen molar-refractivity contribution < 1.29 is 23.8 Å². The van der Waals surface area contributed by atoms with Crippen molar-refractivity contribution in [2.75, 3.05) is 26.1 Å². The van der Waals surface area contributed by atoms with Gasteiger partial charge < -0.3 is 19.5 Å². The highest BCUT2D eigenvalue weighted by Crippen LogP contribution is 2.43. The largest absolute Gasteiger partial charge is 0.496 e. The first-order valence-corrected chi connectivity index (χ1v) is 10.3. The van der Waals surface area contributed by atoms with Crippen LogP contribution in [0, 0.1) is 11.3 Å². The first-order chi connectivity index (χ1) is 14.5. The maximum Gasteiger partial charge on any atom is 0.337 e. The second kappa shape index (κ2) is 11.1. The summed E-state index contributed by atoms with van der Waals surface area (Å²) < 4.78 is 15.7. The molecule has 1 aliphatic rings. The number of hydrogen-bond acceptors (Lipinski definition) is 8. The van der Waals surface area contributed by atoms with Crippen LogP contribution in [0.3, 0.4) is 0 Å². The Kier molecular flexibility index (Phi) is 8.56. The number of carbonyl (C=O) groups excluding carboxylic acids is 2. The molecule has 0 fully saturated rings. The van der Waals surface area contributed by atoms with E-state index in [1.54, 1.807) is 26.0 Å². The van der Waals surface area contributed by atoms with Crippen molar-refractivity contribution in [2.24, 2.45) is 0 Å². The zero-order valence-electron chi connectivity index (χ0n) is 17.2. The molecular weight excluding hydrogens is 404 g/mol. The lowest BCUT2D eigenvalue weighted by Gasteiger charge is -2.30. The van der Waals surface area contributed by atoms with Gasteiger partial charge in [0, 0.05) is 11.3 Å². The third kappa shape index (κ3) is 5.24. The number of allylic oxidation sites excluding steroid dienone is 2. The van der Waals surface area contributed by atoms with Gasteiger partial charge in [0.1, 0.15) is 12.4 Å². The van der Waals surface area contributed by atoms with Gasteiger partial charge >= 0.3 is 11.9 Å². The molecule has 7 nitrogen and oxygen atoms in total. The Hall–Kier alpha value is -3.18. The average molecular weight is 429 g/mol. The van der Waals surface area contributed by atoms with Crippen LogP contribution >= 0.6 is 11.8 Å². The Morgan fingerprint density at radius 3 is 2.70 bits per heavy atom. The topological polar surface area (TPSA) is 97.6 Å². The van der Waals surface area contributed by atoms with Crippen molar-refractivity contribution in [3.8, 4) is 11.8 Å². The number of thioether (sulfide) groups is 1. The molecular formula is C22H24N2O5S. The third-order valence-corrected chi connectivity index (χ3v) is 5.28. The molecule has 0 aromatic heterocycles. The minimum absolute atomic E-state index is 0.0313. The number of dihydropyridines is 1. The highest BCUT2D eigenvalue weighted by atomic mass is 32.2. The second-order valence-electron chi connectivity index (χ2n) is 6.17. The van der Waals surface area contributed by atoms with E-state index in [0.717, 1.165) is 11.8 Å². The normalized spacial score (nSPS) is 15.7. The SMILES string of the molecule is C=CCOC(=O)C1=C(C)NC(SCC(=O)OCC)=C(C#N)C1c1ccccc1OC. The molecule has 0 radical (unpaired) electrons. The molecule has 1 N–H and O–H groups in total. The van der Waals surface area contributed by atoms with Crippen molar-refractivity contribution in [2.45, 2.75) is 19.8 Å². The van der Waals surface area contributed by atoms with Crippen LogP contribution < -0.4 is 10.1 Å². The molecule has 0 amide bonds. The van der Waals surface area contributed by atoms with Crippen molar-refractivity contribution in [3.05, 3.63) is 64.4 Å². The number of hydrogen-bond donors (Lipinski definition) is 1. The van der Waals surface area contributed by atoms with Crippen LogP contribution in [0.4, 0.5) is 0 Å². The van der Waals surface area contributed by atoms with E-state index in [1.807, 2.05) is 12.1 Å². The molecule has 1 heterocycles. The molecule has 0 aliphatic carbocycles. The highest BCUT2D eigenvalue weighted by Gasteiger charge is 2.37. The smallest absolute Gasteiger partial charge is 0.337 e. The predicted molar refractivity (Wildman–Crippen MR) is 114 cm³/mol. The number of benzene rings is 1. The summed E-state index contributed by atoms with van der Waals surface area (Å²) >= 11 is 1.15. The van der Waals surface area contributed by atoms with Crippen molar-refractivity contribution in [3.63, 3.8) is 0 Å². The molecule has 1 aromatic carbocycles. The summed E-state index contributed by atoms with van der Waals surface area (Å²) in [7, 11) is 1.53. The van der Waals surface area contributed by atoms with Crippen LogP contribution in [0.1, 0.15) is 25.3 Å². The van der Waals surface area contributed by atoms with Gasteiger partial charge in [0.15, 0.2) is 0 Å². The van der Waals surface area contributed by atoms with Crippen LogP contribution in [-0.2, 0) is 19.1 Å². The Balaban J connectivity index is 2.56. The van der Waals surface area contributed by atoms with E-state index in [0.29, 0.717) is 33.2 Å². The first kappa shape index (κ1) is 23.1. The lowest BCUT2D eigenvalue weighted by molar-refractivity contribution is -0.140.